The first kappa shape index (κ1) is 13.6. The molecule has 0 radical (unpaired) electrons. The number of morpholine rings is 1. The van der Waals surface area contributed by atoms with Crippen LogP contribution in [0.5, 0.6) is 0 Å². The van der Waals surface area contributed by atoms with Crippen molar-refractivity contribution in [1.82, 2.24) is 14.9 Å². The third kappa shape index (κ3) is 2.87. The summed E-state index contributed by atoms with van der Waals surface area (Å²) in [5.74, 6) is 1.70. The summed E-state index contributed by atoms with van der Waals surface area (Å²) in [5, 5.41) is 0. The second-order valence-corrected chi connectivity index (χ2v) is 5.98. The highest BCUT2D eigenvalue weighted by atomic mass is 16.5. The molecule has 0 spiro atoms. The van der Waals surface area contributed by atoms with Crippen LogP contribution in [0.2, 0.25) is 0 Å². The van der Waals surface area contributed by atoms with Gasteiger partial charge in [0.1, 0.15) is 11.9 Å². The monoisotopic (exact) mass is 277 g/mol. The lowest BCUT2D eigenvalue weighted by Gasteiger charge is -2.35. The Bertz CT molecular complexity index is 465. The summed E-state index contributed by atoms with van der Waals surface area (Å²) in [5.41, 5.74) is 1.02. The molecule has 2 fully saturated rings. The Kier molecular flexibility index (Phi) is 4.05. The Morgan fingerprint density at radius 2 is 2.30 bits per heavy atom. The number of rotatable bonds is 3. The number of aryl methyl sites for hydroxylation is 1. The highest BCUT2D eigenvalue weighted by Crippen LogP contribution is 2.30. The number of amides is 1. The fourth-order valence-corrected chi connectivity index (χ4v) is 3.31. The standard InChI is InChI=1S/C15H23N3O2/c1-11-9-16-15(17-11)13-10-20-7-6-18(13)14(19)8-12-4-2-3-5-12/h9,12-13H,2-8,10H2,1H3,(H,16,17)/t13-/m0/s1. The van der Waals surface area contributed by atoms with Gasteiger partial charge in [-0.15, -0.1) is 0 Å². The van der Waals surface area contributed by atoms with Crippen molar-refractivity contribution in [2.75, 3.05) is 19.8 Å². The van der Waals surface area contributed by atoms with Crippen LogP contribution in [0.25, 0.3) is 0 Å². The Hall–Kier alpha value is -1.36. The molecule has 1 saturated carbocycles. The number of H-pyrrole nitrogens is 1. The van der Waals surface area contributed by atoms with Crippen LogP contribution in [0, 0.1) is 12.8 Å². The van der Waals surface area contributed by atoms with Crippen molar-refractivity contribution in [3.05, 3.63) is 17.7 Å². The van der Waals surface area contributed by atoms with Crippen molar-refractivity contribution in [2.45, 2.75) is 45.1 Å². The minimum atomic E-state index is -0.0497. The number of nitrogens with zero attached hydrogens (tertiary/aromatic N) is 2. The van der Waals surface area contributed by atoms with E-state index in [-0.39, 0.29) is 11.9 Å². The molecule has 20 heavy (non-hydrogen) atoms. The lowest BCUT2D eigenvalue weighted by atomic mass is 10.0. The first-order valence-electron chi connectivity index (χ1n) is 7.63. The van der Waals surface area contributed by atoms with Crippen LogP contribution in [-0.2, 0) is 9.53 Å². The third-order valence-electron chi connectivity index (χ3n) is 4.43. The summed E-state index contributed by atoms with van der Waals surface area (Å²) in [6, 6.07) is -0.0497. The smallest absolute Gasteiger partial charge is 0.223 e. The van der Waals surface area contributed by atoms with E-state index in [1.165, 1.54) is 25.7 Å². The molecule has 1 N–H and O–H groups in total. The van der Waals surface area contributed by atoms with Crippen molar-refractivity contribution in [3.63, 3.8) is 0 Å². The number of nitrogens with one attached hydrogen (secondary N) is 1. The molecule has 0 unspecified atom stereocenters. The van der Waals surface area contributed by atoms with Crippen LogP contribution in [-0.4, -0.2) is 40.5 Å². The van der Waals surface area contributed by atoms with Gasteiger partial charge in [0.15, 0.2) is 0 Å². The van der Waals surface area contributed by atoms with Crippen molar-refractivity contribution in [2.24, 2.45) is 5.92 Å². The summed E-state index contributed by atoms with van der Waals surface area (Å²) in [6.45, 7) is 3.83. The number of aromatic amines is 1. The average molecular weight is 277 g/mol. The van der Waals surface area contributed by atoms with Gasteiger partial charge in [0.05, 0.1) is 13.2 Å². The van der Waals surface area contributed by atoms with E-state index in [1.54, 1.807) is 0 Å². The number of aromatic nitrogens is 2. The predicted octanol–water partition coefficient (Wildman–Crippen LogP) is 2.20. The minimum Gasteiger partial charge on any atom is -0.377 e. The van der Waals surface area contributed by atoms with Crippen molar-refractivity contribution < 1.29 is 9.53 Å². The second kappa shape index (κ2) is 5.95. The molecule has 5 nitrogen and oxygen atoms in total. The summed E-state index contributed by atoms with van der Waals surface area (Å²) in [7, 11) is 0. The van der Waals surface area contributed by atoms with Gasteiger partial charge < -0.3 is 14.6 Å². The Morgan fingerprint density at radius 3 is 3.00 bits per heavy atom. The summed E-state index contributed by atoms with van der Waals surface area (Å²) in [4.78, 5) is 22.1. The van der Waals surface area contributed by atoms with E-state index in [0.29, 0.717) is 32.1 Å². The number of carbonyl (C=O) groups is 1. The van der Waals surface area contributed by atoms with Crippen molar-refractivity contribution in [3.8, 4) is 0 Å². The van der Waals surface area contributed by atoms with Crippen LogP contribution in [0.1, 0.15) is 49.7 Å². The molecule has 2 aliphatic rings. The van der Waals surface area contributed by atoms with Gasteiger partial charge in [-0.3, -0.25) is 4.79 Å². The lowest BCUT2D eigenvalue weighted by Crippen LogP contribution is -2.44. The molecule has 1 aliphatic carbocycles. The van der Waals surface area contributed by atoms with Crippen molar-refractivity contribution in [1.29, 1.82) is 0 Å². The van der Waals surface area contributed by atoms with E-state index < -0.39 is 0 Å². The van der Waals surface area contributed by atoms with Gasteiger partial charge in [0.25, 0.3) is 0 Å². The van der Waals surface area contributed by atoms with E-state index in [1.807, 2.05) is 18.0 Å². The van der Waals surface area contributed by atoms with E-state index in [9.17, 15) is 4.79 Å². The van der Waals surface area contributed by atoms with Gasteiger partial charge in [-0.2, -0.15) is 0 Å². The average Bonchev–Trinajstić information content (AvgIpc) is 3.10. The lowest BCUT2D eigenvalue weighted by molar-refractivity contribution is -0.141. The maximum atomic E-state index is 12.6. The molecular formula is C15H23N3O2. The molecule has 110 valence electrons. The molecule has 1 saturated heterocycles. The molecule has 0 aromatic carbocycles. The van der Waals surface area contributed by atoms with Gasteiger partial charge in [-0.05, 0) is 25.7 Å². The van der Waals surface area contributed by atoms with Gasteiger partial charge >= 0.3 is 0 Å². The van der Waals surface area contributed by atoms with Crippen LogP contribution in [0.3, 0.4) is 0 Å². The molecule has 2 heterocycles. The SMILES string of the molecule is Cc1cnc([C@@H]2COCCN2C(=O)CC2CCCC2)[nH]1. The Balaban J connectivity index is 1.69. The molecule has 1 aromatic heterocycles. The first-order chi connectivity index (χ1) is 9.74. The molecule has 1 aromatic rings. The summed E-state index contributed by atoms with van der Waals surface area (Å²) >= 11 is 0. The van der Waals surface area contributed by atoms with Gasteiger partial charge in [0, 0.05) is 24.9 Å². The summed E-state index contributed by atoms with van der Waals surface area (Å²) in [6.07, 6.45) is 7.48. The maximum absolute atomic E-state index is 12.6. The van der Waals surface area contributed by atoms with E-state index in [2.05, 4.69) is 9.97 Å². The first-order valence-corrected chi connectivity index (χ1v) is 7.63. The predicted molar refractivity (Wildman–Crippen MR) is 75.2 cm³/mol. The number of imidazole rings is 1. The third-order valence-corrected chi connectivity index (χ3v) is 4.43. The van der Waals surface area contributed by atoms with Gasteiger partial charge in [-0.25, -0.2) is 4.98 Å². The quantitative estimate of drug-likeness (QED) is 0.921. The highest BCUT2D eigenvalue weighted by molar-refractivity contribution is 5.77. The molecule has 3 rings (SSSR count). The molecule has 1 aliphatic heterocycles. The maximum Gasteiger partial charge on any atom is 0.223 e. The van der Waals surface area contributed by atoms with Gasteiger partial charge in [-0.1, -0.05) is 12.8 Å². The Labute approximate surface area is 119 Å². The normalized spacial score (nSPS) is 24.2. The molecule has 1 atom stereocenters. The number of carbonyl (C=O) groups excluding carboxylic acids is 1. The molecule has 1 amide bonds. The van der Waals surface area contributed by atoms with Gasteiger partial charge in [0.2, 0.25) is 5.91 Å². The number of ether oxygens (including phenoxy) is 1. The topological polar surface area (TPSA) is 58.2 Å². The fourth-order valence-electron chi connectivity index (χ4n) is 3.31. The van der Waals surface area contributed by atoms with Crippen molar-refractivity contribution >= 4 is 5.91 Å². The molecular weight excluding hydrogens is 254 g/mol. The van der Waals surface area contributed by atoms with Crippen LogP contribution < -0.4 is 0 Å². The second-order valence-electron chi connectivity index (χ2n) is 5.98. The van der Waals surface area contributed by atoms with Crippen LogP contribution in [0.4, 0.5) is 0 Å². The summed E-state index contributed by atoms with van der Waals surface area (Å²) < 4.78 is 5.54. The van der Waals surface area contributed by atoms with E-state index in [0.717, 1.165) is 11.5 Å². The number of hydrogen-bond donors (Lipinski definition) is 1. The zero-order valence-electron chi connectivity index (χ0n) is 12.1. The van der Waals surface area contributed by atoms with E-state index >= 15 is 0 Å². The zero-order chi connectivity index (χ0) is 13.9. The van der Waals surface area contributed by atoms with Crippen LogP contribution >= 0.6 is 0 Å². The Morgan fingerprint density at radius 1 is 1.50 bits per heavy atom. The molecule has 5 heteroatoms. The molecule has 0 bridgehead atoms. The largest absolute Gasteiger partial charge is 0.377 e. The fraction of sp³-hybridized carbons (Fsp3) is 0.733. The van der Waals surface area contributed by atoms with Crippen LogP contribution in [0.15, 0.2) is 6.20 Å². The number of hydrogen-bond acceptors (Lipinski definition) is 3. The zero-order valence-corrected chi connectivity index (χ0v) is 12.1. The highest BCUT2D eigenvalue weighted by Gasteiger charge is 2.32. The minimum absolute atomic E-state index is 0.0497. The van der Waals surface area contributed by atoms with E-state index in [4.69, 9.17) is 4.74 Å².